The highest BCUT2D eigenvalue weighted by molar-refractivity contribution is 5.02. The minimum atomic E-state index is 0.891. The van der Waals surface area contributed by atoms with E-state index in [4.69, 9.17) is 0 Å². The summed E-state index contributed by atoms with van der Waals surface area (Å²) in [7, 11) is 0. The molecule has 15 heavy (non-hydrogen) atoms. The summed E-state index contributed by atoms with van der Waals surface area (Å²) in [6.07, 6.45) is 20.5. The first kappa shape index (κ1) is 14.5. The fourth-order valence-corrected chi connectivity index (χ4v) is 1.57. The highest BCUT2D eigenvalue weighted by Crippen LogP contribution is 2.08. The van der Waals surface area contributed by atoms with Crippen LogP contribution in [0.3, 0.4) is 0 Å². The second kappa shape index (κ2) is 13.5. The van der Waals surface area contributed by atoms with E-state index in [1.54, 1.807) is 0 Å². The first-order valence-corrected chi connectivity index (χ1v) is 6.52. The van der Waals surface area contributed by atoms with Crippen LogP contribution in [0.2, 0.25) is 0 Å². The van der Waals surface area contributed by atoms with Crippen LogP contribution in [-0.2, 0) is 0 Å². The van der Waals surface area contributed by atoms with Crippen molar-refractivity contribution in [1.82, 2.24) is 0 Å². The molecule has 0 amide bonds. The van der Waals surface area contributed by atoms with E-state index in [-0.39, 0.29) is 0 Å². The summed E-state index contributed by atoms with van der Waals surface area (Å²) in [5.74, 6) is 0. The van der Waals surface area contributed by atoms with Crippen LogP contribution in [0.25, 0.3) is 0 Å². The third kappa shape index (κ3) is 13.5. The summed E-state index contributed by atoms with van der Waals surface area (Å²) in [6.45, 7) is 6.02. The smallest absolute Gasteiger partial charge is 0.0347 e. The van der Waals surface area contributed by atoms with E-state index < -0.39 is 0 Å². The van der Waals surface area contributed by atoms with Crippen molar-refractivity contribution in [3.8, 4) is 0 Å². The van der Waals surface area contributed by atoms with Crippen LogP contribution >= 0.6 is 0 Å². The average molecular weight is 207 g/mol. The minimum Gasteiger partial charge on any atom is -0.0845 e. The Morgan fingerprint density at radius 1 is 0.800 bits per heavy atom. The van der Waals surface area contributed by atoms with Gasteiger partial charge in [-0.15, -0.1) is 0 Å². The highest BCUT2D eigenvalue weighted by atomic mass is 13.9. The first-order valence-electron chi connectivity index (χ1n) is 6.52. The Kier molecular flexibility index (Phi) is 13.0. The molecule has 0 saturated heterocycles. The SMILES string of the molecule is [CH2]C/C=C/C=C/CCCCCCCCC. The van der Waals surface area contributed by atoms with Gasteiger partial charge in [-0.2, -0.15) is 0 Å². The van der Waals surface area contributed by atoms with Crippen molar-refractivity contribution in [3.63, 3.8) is 0 Å². The van der Waals surface area contributed by atoms with E-state index in [1.165, 1.54) is 51.4 Å². The molecule has 0 atom stereocenters. The number of hydrogen-bond acceptors (Lipinski definition) is 0. The summed E-state index contributed by atoms with van der Waals surface area (Å²) in [5, 5.41) is 0. The minimum absolute atomic E-state index is 0.891. The normalized spacial score (nSPS) is 11.9. The monoisotopic (exact) mass is 207 g/mol. The Bertz CT molecular complexity index is 153. The third-order valence-electron chi connectivity index (χ3n) is 2.52. The third-order valence-corrected chi connectivity index (χ3v) is 2.52. The molecular formula is C15H27. The van der Waals surface area contributed by atoms with Gasteiger partial charge in [-0.05, 0) is 26.2 Å². The van der Waals surface area contributed by atoms with Crippen LogP contribution in [0.4, 0.5) is 0 Å². The van der Waals surface area contributed by atoms with Crippen molar-refractivity contribution < 1.29 is 0 Å². The van der Waals surface area contributed by atoms with Gasteiger partial charge in [-0.3, -0.25) is 0 Å². The van der Waals surface area contributed by atoms with E-state index in [2.05, 4.69) is 38.2 Å². The molecule has 87 valence electrons. The summed E-state index contributed by atoms with van der Waals surface area (Å²) < 4.78 is 0. The maximum Gasteiger partial charge on any atom is -0.0347 e. The van der Waals surface area contributed by atoms with Crippen LogP contribution in [0.1, 0.15) is 64.7 Å². The lowest BCUT2D eigenvalue weighted by Crippen LogP contribution is -1.78. The van der Waals surface area contributed by atoms with Gasteiger partial charge in [0.1, 0.15) is 0 Å². The molecule has 0 rings (SSSR count). The predicted molar refractivity (Wildman–Crippen MR) is 70.9 cm³/mol. The number of allylic oxidation sites excluding steroid dienone is 4. The van der Waals surface area contributed by atoms with Gasteiger partial charge in [0.2, 0.25) is 0 Å². The van der Waals surface area contributed by atoms with E-state index in [0.29, 0.717) is 0 Å². The second-order valence-corrected chi connectivity index (χ2v) is 4.05. The lowest BCUT2D eigenvalue weighted by Gasteiger charge is -1.98. The molecule has 0 N–H and O–H groups in total. The van der Waals surface area contributed by atoms with Crippen molar-refractivity contribution in [2.45, 2.75) is 64.7 Å². The molecule has 0 unspecified atom stereocenters. The van der Waals surface area contributed by atoms with Crippen LogP contribution in [0, 0.1) is 6.92 Å². The Morgan fingerprint density at radius 3 is 2.07 bits per heavy atom. The molecule has 0 heterocycles. The summed E-state index contributed by atoms with van der Waals surface area (Å²) in [5.41, 5.74) is 0. The quantitative estimate of drug-likeness (QED) is 0.329. The molecule has 0 aromatic rings. The Balaban J connectivity index is 3.04. The Morgan fingerprint density at radius 2 is 1.40 bits per heavy atom. The summed E-state index contributed by atoms with van der Waals surface area (Å²) in [4.78, 5) is 0. The van der Waals surface area contributed by atoms with E-state index in [0.717, 1.165) is 6.42 Å². The summed E-state index contributed by atoms with van der Waals surface area (Å²) >= 11 is 0. The largest absolute Gasteiger partial charge is 0.0845 e. The van der Waals surface area contributed by atoms with Gasteiger partial charge >= 0.3 is 0 Å². The maximum atomic E-state index is 3.75. The van der Waals surface area contributed by atoms with Gasteiger partial charge in [-0.25, -0.2) is 0 Å². The average Bonchev–Trinajstić information content (AvgIpc) is 2.26. The number of rotatable bonds is 10. The fourth-order valence-electron chi connectivity index (χ4n) is 1.57. The molecule has 0 aliphatic heterocycles. The zero-order valence-corrected chi connectivity index (χ0v) is 10.4. The number of unbranched alkanes of at least 4 members (excludes halogenated alkanes) is 7. The van der Waals surface area contributed by atoms with Crippen LogP contribution in [-0.4, -0.2) is 0 Å². The van der Waals surface area contributed by atoms with Crippen LogP contribution in [0.5, 0.6) is 0 Å². The standard InChI is InChI=1S/C15H27/c1-3-5-7-9-11-13-15-14-12-10-8-6-4-2/h5,7,9,11H,1,3-4,6,8,10,12-15H2,2H3/b7-5+,11-9+. The molecule has 0 bridgehead atoms. The van der Waals surface area contributed by atoms with Crippen molar-refractivity contribution in [3.05, 3.63) is 31.2 Å². The molecular weight excluding hydrogens is 180 g/mol. The lowest BCUT2D eigenvalue weighted by atomic mass is 10.1. The van der Waals surface area contributed by atoms with Crippen molar-refractivity contribution in [2.24, 2.45) is 0 Å². The molecule has 0 saturated carbocycles. The van der Waals surface area contributed by atoms with Gasteiger partial charge < -0.3 is 0 Å². The second-order valence-electron chi connectivity index (χ2n) is 4.05. The zero-order valence-electron chi connectivity index (χ0n) is 10.4. The molecule has 0 aromatic heterocycles. The molecule has 0 aromatic carbocycles. The van der Waals surface area contributed by atoms with Gasteiger partial charge in [0, 0.05) is 0 Å². The molecule has 0 heteroatoms. The van der Waals surface area contributed by atoms with Gasteiger partial charge in [0.15, 0.2) is 0 Å². The van der Waals surface area contributed by atoms with Crippen LogP contribution < -0.4 is 0 Å². The molecule has 0 aliphatic carbocycles. The molecule has 0 nitrogen and oxygen atoms in total. The Labute approximate surface area is 96.5 Å². The predicted octanol–water partition coefficient (Wildman–Crippen LogP) is 5.46. The van der Waals surface area contributed by atoms with Crippen LogP contribution in [0.15, 0.2) is 24.3 Å². The van der Waals surface area contributed by atoms with Gasteiger partial charge in [-0.1, -0.05) is 69.8 Å². The molecule has 0 aliphatic rings. The molecule has 1 radical (unpaired) electrons. The van der Waals surface area contributed by atoms with E-state index in [9.17, 15) is 0 Å². The topological polar surface area (TPSA) is 0 Å². The van der Waals surface area contributed by atoms with E-state index in [1.807, 2.05) is 0 Å². The van der Waals surface area contributed by atoms with Crippen molar-refractivity contribution in [2.75, 3.05) is 0 Å². The lowest BCUT2D eigenvalue weighted by molar-refractivity contribution is 0.592. The van der Waals surface area contributed by atoms with Gasteiger partial charge in [0.05, 0.1) is 0 Å². The first-order chi connectivity index (χ1) is 7.41. The molecule has 0 fully saturated rings. The number of hydrogen-bond donors (Lipinski definition) is 0. The molecule has 0 spiro atoms. The zero-order chi connectivity index (χ0) is 11.2. The van der Waals surface area contributed by atoms with Crippen molar-refractivity contribution in [1.29, 1.82) is 0 Å². The Hall–Kier alpha value is -0.520. The summed E-state index contributed by atoms with van der Waals surface area (Å²) in [6, 6.07) is 0. The van der Waals surface area contributed by atoms with Crippen molar-refractivity contribution >= 4 is 0 Å². The van der Waals surface area contributed by atoms with E-state index >= 15 is 0 Å². The fraction of sp³-hybridized carbons (Fsp3) is 0.667. The maximum absolute atomic E-state index is 3.75. The highest BCUT2D eigenvalue weighted by Gasteiger charge is 1.88. The van der Waals surface area contributed by atoms with Gasteiger partial charge in [0.25, 0.3) is 0 Å².